The van der Waals surface area contributed by atoms with Gasteiger partial charge in [0.2, 0.25) is 23.5 Å². The largest absolute Gasteiger partial charge is 0.493 e. The average molecular weight is 943 g/mol. The van der Waals surface area contributed by atoms with Crippen LogP contribution in [-0.4, -0.2) is 109 Å². The van der Waals surface area contributed by atoms with Crippen molar-refractivity contribution in [3.63, 3.8) is 0 Å². The van der Waals surface area contributed by atoms with Gasteiger partial charge < -0.3 is 39.4 Å². The van der Waals surface area contributed by atoms with E-state index >= 15 is 0 Å². The second-order valence-corrected chi connectivity index (χ2v) is 18.5. The second-order valence-electron chi connectivity index (χ2n) is 17.8. The smallest absolute Gasteiger partial charge is 0.329 e. The number of aryl methyl sites for hydroxylation is 1. The molecule has 2 aliphatic heterocycles. The Bertz CT molecular complexity index is 2250. The van der Waals surface area contributed by atoms with E-state index < -0.39 is 41.3 Å². The van der Waals surface area contributed by atoms with Gasteiger partial charge in [0.05, 0.1) is 20.8 Å². The number of rotatable bonds is 23. The van der Waals surface area contributed by atoms with E-state index in [0.717, 1.165) is 5.56 Å². The Morgan fingerprint density at radius 2 is 1.61 bits per heavy atom. The quantitative estimate of drug-likeness (QED) is 0.0289. The molecule has 0 aliphatic carbocycles. The van der Waals surface area contributed by atoms with Crippen molar-refractivity contribution < 1.29 is 52.5 Å². The number of hydrogen-bond donors (Lipinski definition) is 3. The topological polar surface area (TPSA) is 187 Å². The molecule has 2 fully saturated rings. The highest BCUT2D eigenvalue weighted by atomic mass is 32.1. The summed E-state index contributed by atoms with van der Waals surface area (Å²) in [6.45, 7) is 7.85. The number of nitrogens with zero attached hydrogens (tertiary/aromatic N) is 2. The minimum absolute atomic E-state index is 0.0833. The number of amides is 4. The van der Waals surface area contributed by atoms with Gasteiger partial charge in [-0.2, -0.15) is 12.6 Å². The Kier molecular flexibility index (Phi) is 19.2. The highest BCUT2D eigenvalue weighted by Crippen LogP contribution is 2.33. The summed E-state index contributed by atoms with van der Waals surface area (Å²) in [4.78, 5) is 94.3. The van der Waals surface area contributed by atoms with Crippen molar-refractivity contribution >= 4 is 59.5 Å². The predicted octanol–water partition coefficient (Wildman–Crippen LogP) is 7.10. The van der Waals surface area contributed by atoms with Crippen LogP contribution in [0.25, 0.3) is 0 Å². The molecule has 16 heteroatoms. The van der Waals surface area contributed by atoms with Crippen LogP contribution in [-0.2, 0) is 39.9 Å². The fraction of sp³-hybridized carbons (Fsp3) is 0.510. The molecule has 4 amide bonds. The van der Waals surface area contributed by atoms with Crippen LogP contribution in [0.1, 0.15) is 119 Å². The standard InChI is InChI=1S/C51H66N4O11S/c1-7-51(3,4)47(59)49(61)54-26-11-10-18-40(54)50(62)66-43(23-21-34-22-24-44(63-5)45(28-34)64-6)36-15-13-17-38(30-36)65-27-25-52-46(58)20-9-8-19-42(57)35-14-12-16-37(29-35)53-48(60)41-31-39(67)32-55(41)33(2)56/h12-17,22,24,28-30,39-41,43,67H,7-11,18-21,23,25-27,31-32H2,1-6H3,(H,52,58)(H,53,60)/t39-,40-,41-,43+/m0/s1. The van der Waals surface area contributed by atoms with Crippen LogP contribution in [0, 0.1) is 5.41 Å². The Hall–Kier alpha value is -5.90. The number of nitrogens with one attached hydrogen (secondary N) is 2. The number of ether oxygens (including phenoxy) is 4. The summed E-state index contributed by atoms with van der Waals surface area (Å²) in [6, 6.07) is 18.0. The molecule has 0 unspecified atom stereocenters. The fourth-order valence-corrected chi connectivity index (χ4v) is 8.60. The molecule has 2 heterocycles. The number of unbranched alkanes of at least 4 members (excludes halogenated alkanes) is 1. The highest BCUT2D eigenvalue weighted by molar-refractivity contribution is 7.81. The van der Waals surface area contributed by atoms with Crippen LogP contribution in [0.2, 0.25) is 0 Å². The Morgan fingerprint density at radius 1 is 0.866 bits per heavy atom. The van der Waals surface area contributed by atoms with Gasteiger partial charge in [0.15, 0.2) is 17.3 Å². The Balaban J connectivity index is 1.13. The van der Waals surface area contributed by atoms with Gasteiger partial charge in [-0.3, -0.25) is 28.8 Å². The average Bonchev–Trinajstić information content (AvgIpc) is 3.74. The van der Waals surface area contributed by atoms with Crippen LogP contribution in [0.3, 0.4) is 0 Å². The number of piperidine rings is 1. The maximum Gasteiger partial charge on any atom is 0.329 e. The van der Waals surface area contributed by atoms with Crippen molar-refractivity contribution in [2.24, 2.45) is 5.41 Å². The van der Waals surface area contributed by atoms with Gasteiger partial charge in [-0.25, -0.2) is 4.79 Å². The van der Waals surface area contributed by atoms with Gasteiger partial charge in [0, 0.05) is 54.8 Å². The maximum absolute atomic E-state index is 14.0. The Morgan fingerprint density at radius 3 is 2.34 bits per heavy atom. The van der Waals surface area contributed by atoms with E-state index in [0.29, 0.717) is 105 Å². The lowest BCUT2D eigenvalue weighted by Crippen LogP contribution is -2.53. The highest BCUT2D eigenvalue weighted by Gasteiger charge is 2.41. The molecule has 0 aromatic heterocycles. The van der Waals surface area contributed by atoms with Gasteiger partial charge in [-0.1, -0.05) is 51.1 Å². The van der Waals surface area contributed by atoms with Crippen LogP contribution in [0.15, 0.2) is 66.7 Å². The molecule has 2 aliphatic rings. The van der Waals surface area contributed by atoms with Gasteiger partial charge in [-0.15, -0.1) is 0 Å². The van der Waals surface area contributed by atoms with E-state index in [4.69, 9.17) is 18.9 Å². The number of anilines is 1. The zero-order valence-electron chi connectivity index (χ0n) is 39.6. The normalized spacial score (nSPS) is 17.5. The van der Waals surface area contributed by atoms with Crippen LogP contribution >= 0.6 is 12.6 Å². The summed E-state index contributed by atoms with van der Waals surface area (Å²) in [6.07, 6.45) is 4.32. The molecule has 67 heavy (non-hydrogen) atoms. The SMILES string of the molecule is CCC(C)(C)C(=O)C(=O)N1CCCC[C@H]1C(=O)O[C@H](CCc1ccc(OC)c(OC)c1)c1cccc(OCCNC(=O)CCCCC(=O)c2cccc(NC(=O)[C@@H]3C[C@H](S)CN3C(C)=O)c2)c1. The van der Waals surface area contributed by atoms with Gasteiger partial charge >= 0.3 is 5.97 Å². The minimum atomic E-state index is -0.894. The number of Topliss-reactive ketones (excluding diaryl/α,β-unsaturated/α-hetero) is 2. The molecular formula is C51H66N4O11S. The van der Waals surface area contributed by atoms with Gasteiger partial charge in [-0.05, 0) is 105 Å². The number of benzene rings is 3. The van der Waals surface area contributed by atoms with Crippen molar-refractivity contribution in [3.8, 4) is 17.2 Å². The van der Waals surface area contributed by atoms with Gasteiger partial charge in [0.1, 0.15) is 30.5 Å². The summed E-state index contributed by atoms with van der Waals surface area (Å²) < 4.78 is 23.2. The molecule has 2 N–H and O–H groups in total. The molecule has 3 aromatic carbocycles. The molecule has 4 atom stereocenters. The number of carbonyl (C=O) groups is 7. The number of hydrogen-bond acceptors (Lipinski definition) is 12. The molecule has 5 rings (SSSR count). The van der Waals surface area contributed by atoms with Gasteiger partial charge in [0.25, 0.3) is 5.91 Å². The van der Waals surface area contributed by atoms with Crippen molar-refractivity contribution in [2.75, 3.05) is 45.8 Å². The molecule has 362 valence electrons. The Labute approximate surface area is 399 Å². The van der Waals surface area contributed by atoms with E-state index in [-0.39, 0.29) is 54.7 Å². The lowest BCUT2D eigenvalue weighted by Gasteiger charge is -2.36. The van der Waals surface area contributed by atoms with Crippen LogP contribution in [0.5, 0.6) is 17.2 Å². The minimum Gasteiger partial charge on any atom is -0.493 e. The first-order valence-corrected chi connectivity index (χ1v) is 23.7. The lowest BCUT2D eigenvalue weighted by molar-refractivity contribution is -0.164. The summed E-state index contributed by atoms with van der Waals surface area (Å²) in [5, 5.41) is 5.61. The van der Waals surface area contributed by atoms with E-state index in [1.165, 1.54) is 16.7 Å². The van der Waals surface area contributed by atoms with E-state index in [9.17, 15) is 33.6 Å². The summed E-state index contributed by atoms with van der Waals surface area (Å²) in [5.41, 5.74) is 1.66. The molecule has 2 saturated heterocycles. The van der Waals surface area contributed by atoms with Crippen molar-refractivity contribution in [1.29, 1.82) is 0 Å². The molecule has 3 aromatic rings. The molecule has 0 spiro atoms. The molecule has 0 radical (unpaired) electrons. The van der Waals surface area contributed by atoms with E-state index in [1.807, 2.05) is 31.2 Å². The first-order chi connectivity index (χ1) is 32.0. The molecule has 0 saturated carbocycles. The monoisotopic (exact) mass is 942 g/mol. The first kappa shape index (κ1) is 52.1. The number of likely N-dealkylation sites (tertiary alicyclic amines) is 2. The zero-order chi connectivity index (χ0) is 48.7. The molecule has 0 bridgehead atoms. The number of carbonyl (C=O) groups excluding carboxylic acids is 7. The number of methoxy groups -OCH3 is 2. The first-order valence-electron chi connectivity index (χ1n) is 23.2. The zero-order valence-corrected chi connectivity index (χ0v) is 40.5. The third-order valence-electron chi connectivity index (χ3n) is 12.5. The summed E-state index contributed by atoms with van der Waals surface area (Å²) in [7, 11) is 3.13. The van der Waals surface area contributed by atoms with E-state index in [2.05, 4.69) is 23.3 Å². The van der Waals surface area contributed by atoms with Crippen molar-refractivity contribution in [2.45, 2.75) is 122 Å². The van der Waals surface area contributed by atoms with Crippen LogP contribution < -0.4 is 24.8 Å². The third kappa shape index (κ3) is 14.5. The van der Waals surface area contributed by atoms with Crippen LogP contribution in [0.4, 0.5) is 5.69 Å². The molecule has 15 nitrogen and oxygen atoms in total. The summed E-state index contributed by atoms with van der Waals surface area (Å²) in [5.74, 6) is -0.892. The number of ketones is 2. The fourth-order valence-electron chi connectivity index (χ4n) is 8.22. The lowest BCUT2D eigenvalue weighted by atomic mass is 9.84. The third-order valence-corrected chi connectivity index (χ3v) is 12.9. The van der Waals surface area contributed by atoms with Crippen molar-refractivity contribution in [3.05, 3.63) is 83.4 Å². The molecular weight excluding hydrogens is 877 g/mol. The van der Waals surface area contributed by atoms with E-state index in [1.54, 1.807) is 70.5 Å². The maximum atomic E-state index is 14.0. The summed E-state index contributed by atoms with van der Waals surface area (Å²) >= 11 is 4.44. The number of esters is 1. The van der Waals surface area contributed by atoms with Crippen molar-refractivity contribution in [1.82, 2.24) is 15.1 Å². The number of thiol groups is 1. The predicted molar refractivity (Wildman–Crippen MR) is 257 cm³/mol. The second kappa shape index (κ2) is 24.7.